The molecule has 5 aliphatic carbocycles. The maximum Gasteiger partial charge on any atom is 0.306 e. The Morgan fingerprint density at radius 3 is 2.18 bits per heavy atom. The van der Waals surface area contributed by atoms with Gasteiger partial charge in [0.25, 0.3) is 0 Å². The molecule has 0 aromatic carbocycles. The van der Waals surface area contributed by atoms with Crippen LogP contribution in [0.5, 0.6) is 0 Å². The average molecular weight is 626 g/mol. The summed E-state index contributed by atoms with van der Waals surface area (Å²) in [4.78, 5) is 37.4. The summed E-state index contributed by atoms with van der Waals surface area (Å²) in [5.74, 6) is 1.79. The molecule has 10 atom stereocenters. The molecule has 254 valence electrons. The number of esters is 1. The number of hydrogen-bond donors (Lipinski definition) is 2. The maximum atomic E-state index is 13.1. The lowest BCUT2D eigenvalue weighted by atomic mass is 9.32. The van der Waals surface area contributed by atoms with Gasteiger partial charge in [-0.1, -0.05) is 60.6 Å². The lowest BCUT2D eigenvalue weighted by Crippen LogP contribution is -2.67. The van der Waals surface area contributed by atoms with Gasteiger partial charge in [-0.05, 0) is 128 Å². The Kier molecular flexibility index (Phi) is 8.73. The van der Waals surface area contributed by atoms with Gasteiger partial charge in [0.2, 0.25) is 5.91 Å². The standard InChI is InChI=1S/C39H63NO5/c1-24(2)25-13-18-39(21-30(41)40-10)20-19-37(8)26(33(25)39)11-12-28-36(7)16-15-29(35(5,6)27(36)14-17-38(28,37)9)45-32(44)23-34(3,4)22-31(42)43/h25-29,33H,1,11-23H2,2-10H3,(H,40,41)(H,42,43)/t25?,26-,27+,28-,29+,33-,36+,37-,38-,39-/m1/s1. The molecule has 0 radical (unpaired) electrons. The number of amides is 1. The summed E-state index contributed by atoms with van der Waals surface area (Å²) >= 11 is 0. The van der Waals surface area contributed by atoms with E-state index in [2.05, 4.69) is 53.4 Å². The number of fused-ring (bicyclic) bond motifs is 7. The van der Waals surface area contributed by atoms with Crippen molar-refractivity contribution in [3.63, 3.8) is 0 Å². The molecular weight excluding hydrogens is 562 g/mol. The number of carbonyl (C=O) groups is 3. The number of rotatable bonds is 8. The zero-order chi connectivity index (χ0) is 33.4. The van der Waals surface area contributed by atoms with Gasteiger partial charge in [0, 0.05) is 18.9 Å². The van der Waals surface area contributed by atoms with Crippen molar-refractivity contribution in [3.05, 3.63) is 12.2 Å². The van der Waals surface area contributed by atoms with Crippen LogP contribution < -0.4 is 5.32 Å². The number of carboxylic acids is 1. The minimum Gasteiger partial charge on any atom is -0.481 e. The molecule has 5 rings (SSSR count). The molecule has 45 heavy (non-hydrogen) atoms. The SMILES string of the molecule is C=C(C)C1CC[C@]2(CC(=O)NC)CC[C@]3(C)[C@H](CC[C@@H]4[C@@]5(C)CC[C@H](OC(=O)CC(C)(C)CC(=O)O)C(C)(C)[C@@H]5CC[C@]43C)[C@@H]12. The molecule has 0 saturated heterocycles. The fourth-order valence-electron chi connectivity index (χ4n) is 13.2. The van der Waals surface area contributed by atoms with Crippen LogP contribution >= 0.6 is 0 Å². The summed E-state index contributed by atoms with van der Waals surface area (Å²) in [6, 6.07) is 0. The van der Waals surface area contributed by atoms with Crippen LogP contribution in [-0.4, -0.2) is 36.1 Å². The Morgan fingerprint density at radius 1 is 0.867 bits per heavy atom. The molecule has 0 spiro atoms. The summed E-state index contributed by atoms with van der Waals surface area (Å²) in [6.45, 7) is 22.9. The van der Waals surface area contributed by atoms with Crippen molar-refractivity contribution in [3.8, 4) is 0 Å². The minimum atomic E-state index is -0.881. The van der Waals surface area contributed by atoms with E-state index in [4.69, 9.17) is 4.74 Å². The largest absolute Gasteiger partial charge is 0.481 e. The van der Waals surface area contributed by atoms with E-state index in [1.165, 1.54) is 37.7 Å². The molecular formula is C39H63NO5. The van der Waals surface area contributed by atoms with Gasteiger partial charge in [-0.15, -0.1) is 0 Å². The highest BCUT2D eigenvalue weighted by Gasteiger charge is 2.71. The smallest absolute Gasteiger partial charge is 0.306 e. The van der Waals surface area contributed by atoms with Gasteiger partial charge >= 0.3 is 11.9 Å². The number of carboxylic acid groups (broad SMARTS) is 1. The molecule has 0 heterocycles. The van der Waals surface area contributed by atoms with E-state index in [1.807, 2.05) is 13.8 Å². The summed E-state index contributed by atoms with van der Waals surface area (Å²) in [6.07, 6.45) is 12.0. The Bertz CT molecular complexity index is 1220. The number of nitrogens with one attached hydrogen (secondary N) is 1. The molecule has 0 aliphatic heterocycles. The van der Waals surface area contributed by atoms with Crippen LogP contribution in [0.15, 0.2) is 12.2 Å². The van der Waals surface area contributed by atoms with Gasteiger partial charge in [-0.25, -0.2) is 0 Å². The monoisotopic (exact) mass is 625 g/mol. The molecule has 6 nitrogen and oxygen atoms in total. The molecule has 2 N–H and O–H groups in total. The number of ether oxygens (including phenoxy) is 1. The van der Waals surface area contributed by atoms with E-state index in [0.29, 0.717) is 36.0 Å². The fraction of sp³-hybridized carbons (Fsp3) is 0.872. The highest BCUT2D eigenvalue weighted by atomic mass is 16.5. The van der Waals surface area contributed by atoms with E-state index >= 15 is 0 Å². The van der Waals surface area contributed by atoms with E-state index < -0.39 is 11.4 Å². The van der Waals surface area contributed by atoms with Gasteiger partial charge in [0.15, 0.2) is 0 Å². The van der Waals surface area contributed by atoms with Crippen LogP contribution in [0.1, 0.15) is 139 Å². The summed E-state index contributed by atoms with van der Waals surface area (Å²) < 4.78 is 6.25. The normalized spacial score (nSPS) is 43.6. The van der Waals surface area contributed by atoms with Crippen molar-refractivity contribution in [1.82, 2.24) is 5.32 Å². The second kappa shape index (κ2) is 11.4. The van der Waals surface area contributed by atoms with Crippen molar-refractivity contribution >= 4 is 17.8 Å². The van der Waals surface area contributed by atoms with E-state index in [0.717, 1.165) is 32.1 Å². The second-order valence-electron chi connectivity index (χ2n) is 18.6. The van der Waals surface area contributed by atoms with Gasteiger partial charge in [-0.3, -0.25) is 14.4 Å². The first kappa shape index (κ1) is 34.5. The van der Waals surface area contributed by atoms with Crippen molar-refractivity contribution < 1.29 is 24.2 Å². The molecule has 0 bridgehead atoms. The van der Waals surface area contributed by atoms with Crippen molar-refractivity contribution in [2.24, 2.45) is 62.1 Å². The van der Waals surface area contributed by atoms with E-state index in [9.17, 15) is 19.5 Å². The number of allylic oxidation sites excluding steroid dienone is 1. The van der Waals surface area contributed by atoms with Crippen LogP contribution in [0, 0.1) is 62.1 Å². The third-order valence-electron chi connectivity index (χ3n) is 15.5. The summed E-state index contributed by atoms with van der Waals surface area (Å²) in [5, 5.41) is 12.3. The van der Waals surface area contributed by atoms with Crippen LogP contribution in [0.25, 0.3) is 0 Å². The highest BCUT2D eigenvalue weighted by Crippen LogP contribution is 2.78. The molecule has 6 heteroatoms. The summed E-state index contributed by atoms with van der Waals surface area (Å²) in [5.41, 5.74) is 1.26. The molecule has 0 aromatic heterocycles. The molecule has 0 aromatic rings. The molecule has 1 amide bonds. The lowest BCUT2D eigenvalue weighted by molar-refractivity contribution is -0.250. The predicted octanol–water partition coefficient (Wildman–Crippen LogP) is 8.58. The molecule has 5 aliphatic rings. The number of carbonyl (C=O) groups excluding carboxylic acids is 2. The van der Waals surface area contributed by atoms with Crippen molar-refractivity contribution in [2.45, 2.75) is 145 Å². The minimum absolute atomic E-state index is 0.0439. The van der Waals surface area contributed by atoms with Crippen LogP contribution in [0.4, 0.5) is 0 Å². The highest BCUT2D eigenvalue weighted by molar-refractivity contribution is 5.76. The predicted molar refractivity (Wildman–Crippen MR) is 178 cm³/mol. The quantitative estimate of drug-likeness (QED) is 0.208. The van der Waals surface area contributed by atoms with Gasteiger partial charge in [-0.2, -0.15) is 0 Å². The number of aliphatic carboxylic acids is 1. The molecule has 1 unspecified atom stereocenters. The topological polar surface area (TPSA) is 92.7 Å². The Hall–Kier alpha value is -1.85. The van der Waals surface area contributed by atoms with Crippen molar-refractivity contribution in [1.29, 1.82) is 0 Å². The Morgan fingerprint density at radius 2 is 1.56 bits per heavy atom. The van der Waals surface area contributed by atoms with Crippen LogP contribution in [0.2, 0.25) is 0 Å². The summed E-state index contributed by atoms with van der Waals surface area (Å²) in [7, 11) is 1.79. The first-order valence-electron chi connectivity index (χ1n) is 18.0. The first-order valence-corrected chi connectivity index (χ1v) is 18.0. The third kappa shape index (κ3) is 5.40. The van der Waals surface area contributed by atoms with Gasteiger partial charge in [0.05, 0.1) is 12.8 Å². The van der Waals surface area contributed by atoms with Crippen molar-refractivity contribution in [2.75, 3.05) is 7.05 Å². The Balaban J connectivity index is 1.40. The third-order valence-corrected chi connectivity index (χ3v) is 15.5. The average Bonchev–Trinajstić information content (AvgIpc) is 3.29. The van der Waals surface area contributed by atoms with E-state index in [1.54, 1.807) is 7.05 Å². The van der Waals surface area contributed by atoms with E-state index in [-0.39, 0.29) is 57.9 Å². The zero-order valence-electron chi connectivity index (χ0n) is 29.9. The fourth-order valence-corrected chi connectivity index (χ4v) is 13.2. The first-order chi connectivity index (χ1) is 20.8. The van der Waals surface area contributed by atoms with Gasteiger partial charge in [0.1, 0.15) is 6.10 Å². The van der Waals surface area contributed by atoms with Gasteiger partial charge < -0.3 is 15.2 Å². The van der Waals surface area contributed by atoms with Crippen LogP contribution in [0.3, 0.4) is 0 Å². The lowest BCUT2D eigenvalue weighted by Gasteiger charge is -2.73. The zero-order valence-corrected chi connectivity index (χ0v) is 29.9. The number of hydrogen-bond acceptors (Lipinski definition) is 4. The molecule has 5 fully saturated rings. The maximum absolute atomic E-state index is 13.1. The second-order valence-corrected chi connectivity index (χ2v) is 18.6. The Labute approximate surface area is 273 Å². The van der Waals surface area contributed by atoms with Crippen LogP contribution in [-0.2, 0) is 19.1 Å². The molecule has 5 saturated carbocycles.